The third-order valence-corrected chi connectivity index (χ3v) is 5.06. The van der Waals surface area contributed by atoms with E-state index in [1.807, 2.05) is 36.4 Å². The summed E-state index contributed by atoms with van der Waals surface area (Å²) in [6.45, 7) is 5.43. The Morgan fingerprint density at radius 3 is 2.42 bits per heavy atom. The zero-order valence-corrected chi connectivity index (χ0v) is 21.0. The van der Waals surface area contributed by atoms with Gasteiger partial charge in [-0.1, -0.05) is 43.2 Å². The molecule has 9 heteroatoms. The Balaban J connectivity index is 1.87. The van der Waals surface area contributed by atoms with Crippen LogP contribution in [0.15, 0.2) is 48.5 Å². The minimum Gasteiger partial charge on any atom is -0.461 e. The highest BCUT2D eigenvalue weighted by atomic mass is 16.6. The number of rotatable bonds is 11. The van der Waals surface area contributed by atoms with E-state index in [9.17, 15) is 14.4 Å². The Bertz CT molecular complexity index is 1070. The number of nitriles is 1. The summed E-state index contributed by atoms with van der Waals surface area (Å²) < 4.78 is 10.6. The lowest BCUT2D eigenvalue weighted by atomic mass is 10.1. The lowest BCUT2D eigenvalue weighted by molar-refractivity contribution is -0.145. The fraction of sp³-hybridized carbons (Fsp3) is 0.407. The van der Waals surface area contributed by atoms with Crippen LogP contribution in [0.1, 0.15) is 64.0 Å². The summed E-state index contributed by atoms with van der Waals surface area (Å²) >= 11 is 0. The van der Waals surface area contributed by atoms with Crippen LogP contribution in [0.4, 0.5) is 16.2 Å². The number of nitrogens with two attached hydrogens (primary N) is 1. The number of ether oxygens (including phenoxy) is 2. The summed E-state index contributed by atoms with van der Waals surface area (Å²) in [6, 6.07) is 15.1. The Kier molecular flexibility index (Phi) is 10.7. The molecule has 0 spiro atoms. The minimum atomic E-state index is -0.875. The van der Waals surface area contributed by atoms with Crippen molar-refractivity contribution >= 4 is 29.3 Å². The van der Waals surface area contributed by atoms with E-state index in [1.54, 1.807) is 26.8 Å². The molecule has 0 unspecified atom stereocenters. The van der Waals surface area contributed by atoms with Gasteiger partial charge in [-0.25, -0.2) is 4.79 Å². The molecule has 2 amide bonds. The van der Waals surface area contributed by atoms with Crippen LogP contribution in [0.3, 0.4) is 0 Å². The van der Waals surface area contributed by atoms with Crippen molar-refractivity contribution in [2.24, 2.45) is 0 Å². The van der Waals surface area contributed by atoms with Crippen molar-refractivity contribution < 1.29 is 23.9 Å². The fourth-order valence-electron chi connectivity index (χ4n) is 3.29. The number of amides is 2. The molecule has 0 bridgehead atoms. The summed E-state index contributed by atoms with van der Waals surface area (Å²) in [5.74, 6) is -0.740. The second-order valence-corrected chi connectivity index (χ2v) is 9.35. The molecule has 192 valence electrons. The van der Waals surface area contributed by atoms with Crippen LogP contribution < -0.4 is 16.4 Å². The number of carbonyl (C=O) groups excluding carboxylic acids is 3. The second kappa shape index (κ2) is 13.7. The first kappa shape index (κ1) is 28.2. The summed E-state index contributed by atoms with van der Waals surface area (Å²) in [7, 11) is 0. The summed E-state index contributed by atoms with van der Waals surface area (Å²) in [5, 5.41) is 14.3. The van der Waals surface area contributed by atoms with Gasteiger partial charge in [-0.05, 0) is 57.4 Å². The van der Waals surface area contributed by atoms with Crippen molar-refractivity contribution in [3.8, 4) is 6.07 Å². The number of unbranched alkanes of at least 4 members (excludes halogenated alkanes) is 2. The molecule has 0 aliphatic rings. The molecule has 0 saturated carbocycles. The summed E-state index contributed by atoms with van der Waals surface area (Å²) in [6.07, 6.45) is 1.74. The van der Waals surface area contributed by atoms with Gasteiger partial charge >= 0.3 is 12.1 Å². The molecule has 0 aliphatic carbocycles. The normalized spacial score (nSPS) is 11.6. The average molecular weight is 495 g/mol. The van der Waals surface area contributed by atoms with E-state index in [1.165, 1.54) is 12.1 Å². The van der Waals surface area contributed by atoms with Gasteiger partial charge in [0, 0.05) is 6.42 Å². The lowest BCUT2D eigenvalue weighted by Crippen LogP contribution is -2.45. The molecule has 0 aliphatic heterocycles. The Morgan fingerprint density at radius 1 is 1.06 bits per heavy atom. The molecule has 36 heavy (non-hydrogen) atoms. The maximum Gasteiger partial charge on any atom is 0.408 e. The van der Waals surface area contributed by atoms with Gasteiger partial charge in [0.05, 0.1) is 23.0 Å². The molecular formula is C27H34N4O5. The second-order valence-electron chi connectivity index (χ2n) is 9.35. The fourth-order valence-corrected chi connectivity index (χ4v) is 3.29. The highest BCUT2D eigenvalue weighted by Crippen LogP contribution is 2.20. The van der Waals surface area contributed by atoms with Crippen LogP contribution in [0.2, 0.25) is 0 Å². The van der Waals surface area contributed by atoms with Gasteiger partial charge in [0.1, 0.15) is 18.2 Å². The van der Waals surface area contributed by atoms with Crippen molar-refractivity contribution in [2.45, 2.75) is 71.1 Å². The smallest absolute Gasteiger partial charge is 0.408 e. The van der Waals surface area contributed by atoms with E-state index < -0.39 is 23.6 Å². The van der Waals surface area contributed by atoms with Crippen molar-refractivity contribution in [3.63, 3.8) is 0 Å². The molecule has 9 nitrogen and oxygen atoms in total. The molecule has 0 fully saturated rings. The number of alkyl carbamates (subject to hydrolysis) is 1. The number of benzene rings is 2. The topological polar surface area (TPSA) is 144 Å². The molecule has 1 atom stereocenters. The summed E-state index contributed by atoms with van der Waals surface area (Å²) in [5.41, 5.74) is 7.10. The first-order chi connectivity index (χ1) is 17.1. The van der Waals surface area contributed by atoms with Gasteiger partial charge < -0.3 is 25.8 Å². The third kappa shape index (κ3) is 10.5. The predicted molar refractivity (Wildman–Crippen MR) is 137 cm³/mol. The molecule has 4 N–H and O–H groups in total. The van der Waals surface area contributed by atoms with Gasteiger partial charge in [0.25, 0.3) is 0 Å². The van der Waals surface area contributed by atoms with Crippen LogP contribution in [0.5, 0.6) is 0 Å². The van der Waals surface area contributed by atoms with Crippen molar-refractivity contribution in [3.05, 3.63) is 59.7 Å². The Morgan fingerprint density at radius 2 is 1.78 bits per heavy atom. The molecule has 2 aromatic carbocycles. The van der Waals surface area contributed by atoms with E-state index in [-0.39, 0.29) is 24.7 Å². The number of nitrogens with one attached hydrogen (secondary N) is 2. The van der Waals surface area contributed by atoms with E-state index >= 15 is 0 Å². The van der Waals surface area contributed by atoms with Gasteiger partial charge in [-0.2, -0.15) is 5.26 Å². The number of hydrogen-bond donors (Lipinski definition) is 3. The van der Waals surface area contributed by atoms with Crippen molar-refractivity contribution in [1.29, 1.82) is 5.26 Å². The molecule has 2 rings (SSSR count). The predicted octanol–water partition coefficient (Wildman–Crippen LogP) is 4.67. The lowest BCUT2D eigenvalue weighted by Gasteiger charge is -2.23. The number of nitrogen functional groups attached to an aromatic ring is 1. The number of esters is 1. The first-order valence-electron chi connectivity index (χ1n) is 11.9. The van der Waals surface area contributed by atoms with E-state index in [0.717, 1.165) is 5.56 Å². The molecule has 0 heterocycles. The van der Waals surface area contributed by atoms with Crippen LogP contribution in [0, 0.1) is 11.3 Å². The van der Waals surface area contributed by atoms with E-state index in [2.05, 4.69) is 10.6 Å². The minimum absolute atomic E-state index is 0.236. The van der Waals surface area contributed by atoms with Gasteiger partial charge in [0.15, 0.2) is 0 Å². The SMILES string of the molecule is CC(C)(C)OC(=O)N[C@@H](CCCCCC(=O)OCc1ccccc1)C(=O)Nc1ccc(C#N)cc1N. The molecule has 2 aromatic rings. The molecule has 0 aromatic heterocycles. The van der Waals surface area contributed by atoms with Crippen LogP contribution in [-0.4, -0.2) is 29.6 Å². The maximum atomic E-state index is 12.9. The van der Waals surface area contributed by atoms with Crippen molar-refractivity contribution in [2.75, 3.05) is 11.1 Å². The van der Waals surface area contributed by atoms with E-state index in [0.29, 0.717) is 36.9 Å². The molecule has 0 saturated heterocycles. The van der Waals surface area contributed by atoms with Crippen LogP contribution >= 0.6 is 0 Å². The van der Waals surface area contributed by atoms with Crippen LogP contribution in [0.25, 0.3) is 0 Å². The van der Waals surface area contributed by atoms with Gasteiger partial charge in [-0.3, -0.25) is 9.59 Å². The summed E-state index contributed by atoms with van der Waals surface area (Å²) in [4.78, 5) is 37.2. The van der Waals surface area contributed by atoms with Crippen LogP contribution in [-0.2, 0) is 25.7 Å². The number of hydrogen-bond acceptors (Lipinski definition) is 7. The number of nitrogens with zero attached hydrogens (tertiary/aromatic N) is 1. The van der Waals surface area contributed by atoms with Gasteiger partial charge in [-0.15, -0.1) is 0 Å². The quantitative estimate of drug-likeness (QED) is 0.234. The van der Waals surface area contributed by atoms with Crippen molar-refractivity contribution in [1.82, 2.24) is 5.32 Å². The van der Waals surface area contributed by atoms with Gasteiger partial charge in [0.2, 0.25) is 5.91 Å². The number of anilines is 2. The average Bonchev–Trinajstić information content (AvgIpc) is 2.82. The third-order valence-electron chi connectivity index (χ3n) is 5.06. The largest absolute Gasteiger partial charge is 0.461 e. The monoisotopic (exact) mass is 494 g/mol. The highest BCUT2D eigenvalue weighted by Gasteiger charge is 2.24. The maximum absolute atomic E-state index is 12.9. The number of carbonyl (C=O) groups is 3. The standard InChI is InChI=1S/C27H34N4O5/c1-27(2,3)36-26(34)31-23(25(33)30-22-15-14-20(17-28)16-21(22)29)12-8-5-9-13-24(32)35-18-19-10-6-4-7-11-19/h4,6-7,10-11,14-16,23H,5,8-9,12-13,18,29H2,1-3H3,(H,30,33)(H,31,34)/t23-/m0/s1. The highest BCUT2D eigenvalue weighted by molar-refractivity contribution is 5.98. The molecule has 0 radical (unpaired) electrons. The molecular weight excluding hydrogens is 460 g/mol. The first-order valence-corrected chi connectivity index (χ1v) is 11.9. The zero-order chi connectivity index (χ0) is 26.6. The van der Waals surface area contributed by atoms with E-state index in [4.69, 9.17) is 20.5 Å². The Hall–Kier alpha value is -4.06. The zero-order valence-electron chi connectivity index (χ0n) is 21.0. The Labute approximate surface area is 212 Å².